The molecular formula is C20H24ClN3O5. The van der Waals surface area contributed by atoms with E-state index in [1.807, 2.05) is 0 Å². The quantitative estimate of drug-likeness (QED) is 0.336. The summed E-state index contributed by atoms with van der Waals surface area (Å²) >= 11 is 0. The molecule has 0 fully saturated rings. The van der Waals surface area contributed by atoms with E-state index in [2.05, 4.69) is 5.32 Å². The normalized spacial score (nSPS) is 11.7. The van der Waals surface area contributed by atoms with Crippen LogP contribution in [-0.4, -0.2) is 42.1 Å². The van der Waals surface area contributed by atoms with Crippen LogP contribution in [0.25, 0.3) is 0 Å². The van der Waals surface area contributed by atoms with E-state index in [0.29, 0.717) is 11.1 Å². The summed E-state index contributed by atoms with van der Waals surface area (Å²) in [6.45, 7) is -0.216. The van der Waals surface area contributed by atoms with Gasteiger partial charge in [0.1, 0.15) is 12.6 Å². The summed E-state index contributed by atoms with van der Waals surface area (Å²) in [6.07, 6.45) is -0.326. The molecule has 0 saturated heterocycles. The lowest BCUT2D eigenvalue weighted by molar-refractivity contribution is -0.147. The Hall–Kier alpha value is -2.94. The van der Waals surface area contributed by atoms with E-state index in [-0.39, 0.29) is 32.0 Å². The smallest absolute Gasteiger partial charge is 0.323 e. The van der Waals surface area contributed by atoms with Gasteiger partial charge in [0.15, 0.2) is 5.60 Å². The first-order valence-electron chi connectivity index (χ1n) is 8.68. The van der Waals surface area contributed by atoms with E-state index < -0.39 is 29.4 Å². The Bertz CT molecular complexity index is 778. The van der Waals surface area contributed by atoms with Gasteiger partial charge in [0.25, 0.3) is 5.91 Å². The minimum Gasteiger partial charge on any atom is -0.463 e. The number of carbonyl (C=O) groups excluding carboxylic acids is 3. The predicted octanol–water partition coefficient (Wildman–Crippen LogP) is 0.206. The molecule has 0 bridgehead atoms. The van der Waals surface area contributed by atoms with Crippen LogP contribution in [0.2, 0.25) is 0 Å². The molecule has 0 radical (unpaired) electrons. The number of hydrogen-bond donors (Lipinski definition) is 4. The fraction of sp³-hybridized carbons (Fsp3) is 0.250. The van der Waals surface area contributed by atoms with Gasteiger partial charge in [-0.3, -0.25) is 14.4 Å². The van der Waals surface area contributed by atoms with Crippen LogP contribution in [0.1, 0.15) is 17.5 Å². The molecule has 2 rings (SSSR count). The summed E-state index contributed by atoms with van der Waals surface area (Å²) < 4.78 is 4.91. The third-order valence-corrected chi connectivity index (χ3v) is 4.07. The summed E-state index contributed by atoms with van der Waals surface area (Å²) in [5.74, 6) is -2.18. The number of aliphatic hydroxyl groups is 1. The van der Waals surface area contributed by atoms with E-state index in [4.69, 9.17) is 16.2 Å². The molecular weight excluding hydrogens is 398 g/mol. The lowest BCUT2D eigenvalue weighted by Crippen LogP contribution is -2.46. The van der Waals surface area contributed by atoms with Crippen molar-refractivity contribution in [3.8, 4) is 0 Å². The number of ether oxygens (including phenoxy) is 1. The average molecular weight is 422 g/mol. The maximum absolute atomic E-state index is 12.8. The Morgan fingerprint density at radius 1 is 1.00 bits per heavy atom. The van der Waals surface area contributed by atoms with E-state index in [1.54, 1.807) is 60.7 Å². The highest BCUT2D eigenvalue weighted by Crippen LogP contribution is 2.29. The Morgan fingerprint density at radius 2 is 1.48 bits per heavy atom. The van der Waals surface area contributed by atoms with Gasteiger partial charge in [0.2, 0.25) is 5.91 Å². The van der Waals surface area contributed by atoms with Crippen molar-refractivity contribution in [3.63, 3.8) is 0 Å². The topological polar surface area (TPSA) is 145 Å². The van der Waals surface area contributed by atoms with Gasteiger partial charge in [-0.25, -0.2) is 0 Å². The van der Waals surface area contributed by atoms with Crippen LogP contribution in [0, 0.1) is 0 Å². The summed E-state index contributed by atoms with van der Waals surface area (Å²) in [6, 6.07) is 15.9. The molecule has 2 aromatic rings. The predicted molar refractivity (Wildman–Crippen MR) is 109 cm³/mol. The number of esters is 1. The van der Waals surface area contributed by atoms with Crippen LogP contribution in [-0.2, 0) is 24.7 Å². The molecule has 2 aromatic carbocycles. The Balaban J connectivity index is 0.00000420. The van der Waals surface area contributed by atoms with Crippen LogP contribution in [0.15, 0.2) is 60.7 Å². The number of nitrogens with one attached hydrogen (secondary N) is 1. The fourth-order valence-corrected chi connectivity index (χ4v) is 2.64. The fourth-order valence-electron chi connectivity index (χ4n) is 2.64. The number of halogens is 1. The summed E-state index contributed by atoms with van der Waals surface area (Å²) in [4.78, 5) is 35.2. The molecule has 1 atom stereocenters. The average Bonchev–Trinajstić information content (AvgIpc) is 2.71. The van der Waals surface area contributed by atoms with Gasteiger partial charge >= 0.3 is 5.97 Å². The highest BCUT2D eigenvalue weighted by Gasteiger charge is 2.39. The third kappa shape index (κ3) is 6.28. The number of rotatable bonds is 9. The van der Waals surface area contributed by atoms with Crippen molar-refractivity contribution in [1.82, 2.24) is 5.32 Å². The van der Waals surface area contributed by atoms with Crippen molar-refractivity contribution >= 4 is 30.2 Å². The van der Waals surface area contributed by atoms with Crippen LogP contribution in [0.4, 0.5) is 0 Å². The van der Waals surface area contributed by atoms with Crippen LogP contribution < -0.4 is 16.8 Å². The van der Waals surface area contributed by atoms with Crippen molar-refractivity contribution < 1.29 is 24.2 Å². The maximum atomic E-state index is 12.8. The highest BCUT2D eigenvalue weighted by atomic mass is 35.5. The zero-order valence-electron chi connectivity index (χ0n) is 15.6. The first-order valence-corrected chi connectivity index (χ1v) is 8.68. The van der Waals surface area contributed by atoms with Gasteiger partial charge in [-0.2, -0.15) is 0 Å². The molecule has 9 heteroatoms. The number of amides is 2. The molecule has 29 heavy (non-hydrogen) atoms. The first-order chi connectivity index (χ1) is 13.4. The molecule has 0 aliphatic heterocycles. The second-order valence-corrected chi connectivity index (χ2v) is 6.14. The van der Waals surface area contributed by atoms with Gasteiger partial charge in [-0.1, -0.05) is 60.7 Å². The van der Waals surface area contributed by atoms with Crippen LogP contribution in [0.5, 0.6) is 0 Å². The second kappa shape index (κ2) is 11.2. The number of benzene rings is 2. The molecule has 156 valence electrons. The molecule has 0 aliphatic rings. The number of nitrogens with two attached hydrogens (primary N) is 2. The molecule has 0 spiro atoms. The van der Waals surface area contributed by atoms with Gasteiger partial charge in [0.05, 0.1) is 13.0 Å². The van der Waals surface area contributed by atoms with E-state index in [1.165, 1.54) is 0 Å². The number of hydrogen-bond acceptors (Lipinski definition) is 6. The van der Waals surface area contributed by atoms with Crippen LogP contribution >= 0.6 is 12.4 Å². The number of primary amides is 1. The highest BCUT2D eigenvalue weighted by molar-refractivity contribution is 5.90. The molecule has 0 aromatic heterocycles. The first kappa shape index (κ1) is 24.1. The van der Waals surface area contributed by atoms with E-state index in [9.17, 15) is 19.5 Å². The second-order valence-electron chi connectivity index (χ2n) is 6.14. The molecule has 0 saturated carbocycles. The van der Waals surface area contributed by atoms with E-state index in [0.717, 1.165) is 0 Å². The third-order valence-electron chi connectivity index (χ3n) is 4.07. The zero-order chi connectivity index (χ0) is 20.6. The molecule has 0 unspecified atom stereocenters. The molecule has 6 N–H and O–H groups in total. The SMILES string of the molecule is Cl.NC(=O)C[C@H](N)C(=O)OCCNC(=O)C(O)(c1ccccc1)c1ccccc1. The van der Waals surface area contributed by atoms with Crippen molar-refractivity contribution in [1.29, 1.82) is 0 Å². The Kier molecular flexibility index (Phi) is 9.27. The summed E-state index contributed by atoms with van der Waals surface area (Å²) in [5.41, 5.74) is 9.35. The number of carbonyl (C=O) groups is 3. The lowest BCUT2D eigenvalue weighted by atomic mass is 9.85. The molecule has 0 aliphatic carbocycles. The lowest BCUT2D eigenvalue weighted by Gasteiger charge is -2.28. The minimum atomic E-state index is -1.91. The minimum absolute atomic E-state index is 0. The van der Waals surface area contributed by atoms with Crippen molar-refractivity contribution in [2.75, 3.05) is 13.2 Å². The Labute approximate surface area is 174 Å². The maximum Gasteiger partial charge on any atom is 0.323 e. The monoisotopic (exact) mass is 421 g/mol. The van der Waals surface area contributed by atoms with Crippen molar-refractivity contribution in [3.05, 3.63) is 71.8 Å². The molecule has 2 amide bonds. The standard InChI is InChI=1S/C20H23N3O5.ClH/c21-16(13-17(22)24)18(25)28-12-11-23-19(26)20(27,14-7-3-1-4-8-14)15-9-5-2-6-10-15;/h1-10,16,27H,11-13,21H2,(H2,22,24)(H,23,26);1H/t16-;/m0./s1. The van der Waals surface area contributed by atoms with Crippen molar-refractivity contribution in [2.24, 2.45) is 11.5 Å². The van der Waals surface area contributed by atoms with Gasteiger partial charge in [-0.05, 0) is 11.1 Å². The largest absolute Gasteiger partial charge is 0.463 e. The molecule has 0 heterocycles. The van der Waals surface area contributed by atoms with Gasteiger partial charge < -0.3 is 26.6 Å². The van der Waals surface area contributed by atoms with Crippen molar-refractivity contribution in [2.45, 2.75) is 18.1 Å². The molecule has 8 nitrogen and oxygen atoms in total. The van der Waals surface area contributed by atoms with Crippen LogP contribution in [0.3, 0.4) is 0 Å². The van der Waals surface area contributed by atoms with Gasteiger partial charge in [0, 0.05) is 0 Å². The van der Waals surface area contributed by atoms with Gasteiger partial charge in [-0.15, -0.1) is 12.4 Å². The Morgan fingerprint density at radius 3 is 1.93 bits per heavy atom. The zero-order valence-corrected chi connectivity index (χ0v) is 16.4. The summed E-state index contributed by atoms with van der Waals surface area (Å²) in [7, 11) is 0. The van der Waals surface area contributed by atoms with E-state index >= 15 is 0 Å². The summed E-state index contributed by atoms with van der Waals surface area (Å²) in [5, 5.41) is 13.8.